The van der Waals surface area contributed by atoms with Gasteiger partial charge in [0.1, 0.15) is 17.5 Å². The zero-order valence-electron chi connectivity index (χ0n) is 15.7. The van der Waals surface area contributed by atoms with E-state index in [9.17, 15) is 4.79 Å². The average Bonchev–Trinajstić information content (AvgIpc) is 3.40. The van der Waals surface area contributed by atoms with Crippen molar-refractivity contribution in [1.82, 2.24) is 24.1 Å². The maximum absolute atomic E-state index is 13.4. The Labute approximate surface area is 166 Å². The standard InChI is InChI=1S/C20H20ClN5O2/c1-11(2)26-15-9-13(21)7-8-14(15)25-10-22-16(17(25)20(26)27)18-23-19(28-24-18)12-5-3-4-6-12/h7-12H,3-6H2,1-2H3. The molecule has 8 heteroatoms. The first kappa shape index (κ1) is 17.4. The van der Waals surface area contributed by atoms with Gasteiger partial charge in [0.15, 0.2) is 0 Å². The van der Waals surface area contributed by atoms with Crippen LogP contribution in [0.3, 0.4) is 0 Å². The predicted molar refractivity (Wildman–Crippen MR) is 107 cm³/mol. The minimum atomic E-state index is -0.149. The van der Waals surface area contributed by atoms with Crippen LogP contribution >= 0.6 is 11.6 Å². The summed E-state index contributed by atoms with van der Waals surface area (Å²) in [6.07, 6.45) is 6.14. The molecule has 0 radical (unpaired) electrons. The van der Waals surface area contributed by atoms with Gasteiger partial charge in [-0.25, -0.2) is 4.98 Å². The summed E-state index contributed by atoms with van der Waals surface area (Å²) in [5.41, 5.74) is 2.37. The molecule has 4 aromatic rings. The lowest BCUT2D eigenvalue weighted by molar-refractivity contribution is 0.354. The van der Waals surface area contributed by atoms with E-state index in [0.717, 1.165) is 23.9 Å². The number of aromatic nitrogens is 5. The van der Waals surface area contributed by atoms with Crippen LogP contribution in [0.4, 0.5) is 0 Å². The average molecular weight is 398 g/mol. The molecule has 0 spiro atoms. The molecule has 1 aromatic carbocycles. The first-order chi connectivity index (χ1) is 13.5. The zero-order valence-corrected chi connectivity index (χ0v) is 16.5. The molecule has 0 N–H and O–H groups in total. The van der Waals surface area contributed by atoms with Gasteiger partial charge < -0.3 is 9.09 Å². The summed E-state index contributed by atoms with van der Waals surface area (Å²) in [7, 11) is 0. The van der Waals surface area contributed by atoms with Gasteiger partial charge in [-0.1, -0.05) is 29.6 Å². The molecule has 0 bridgehead atoms. The van der Waals surface area contributed by atoms with Crippen LogP contribution in [0.15, 0.2) is 33.8 Å². The predicted octanol–water partition coefficient (Wildman–Crippen LogP) is 4.59. The Morgan fingerprint density at radius 3 is 2.75 bits per heavy atom. The minimum Gasteiger partial charge on any atom is -0.339 e. The molecule has 3 heterocycles. The van der Waals surface area contributed by atoms with Crippen LogP contribution in [-0.4, -0.2) is 24.1 Å². The second-order valence-corrected chi connectivity index (χ2v) is 8.09. The quantitative estimate of drug-likeness (QED) is 0.505. The van der Waals surface area contributed by atoms with Gasteiger partial charge in [0.05, 0.1) is 11.0 Å². The molecule has 3 aromatic heterocycles. The fourth-order valence-electron chi connectivity index (χ4n) is 4.20. The highest BCUT2D eigenvalue weighted by Crippen LogP contribution is 2.34. The zero-order chi connectivity index (χ0) is 19.4. The fraction of sp³-hybridized carbons (Fsp3) is 0.400. The molecule has 0 atom stereocenters. The number of hydrogen-bond donors (Lipinski definition) is 0. The van der Waals surface area contributed by atoms with E-state index >= 15 is 0 Å². The van der Waals surface area contributed by atoms with Gasteiger partial charge in [0.2, 0.25) is 11.7 Å². The number of imidazole rings is 1. The van der Waals surface area contributed by atoms with E-state index in [-0.39, 0.29) is 11.6 Å². The number of hydrogen-bond acceptors (Lipinski definition) is 5. The molecule has 7 nitrogen and oxygen atoms in total. The molecule has 1 aliphatic rings. The molecule has 1 fully saturated rings. The first-order valence-corrected chi connectivity index (χ1v) is 9.97. The number of benzene rings is 1. The largest absolute Gasteiger partial charge is 0.339 e. The third-order valence-electron chi connectivity index (χ3n) is 5.52. The van der Waals surface area contributed by atoms with Crippen LogP contribution in [0.1, 0.15) is 57.4 Å². The molecule has 144 valence electrons. The molecule has 0 unspecified atom stereocenters. The van der Waals surface area contributed by atoms with Crippen molar-refractivity contribution in [2.45, 2.75) is 51.5 Å². The van der Waals surface area contributed by atoms with E-state index in [0.29, 0.717) is 33.9 Å². The Morgan fingerprint density at radius 1 is 1.21 bits per heavy atom. The summed E-state index contributed by atoms with van der Waals surface area (Å²) in [6, 6.07) is 5.48. The molecule has 0 aliphatic heterocycles. The van der Waals surface area contributed by atoms with Gasteiger partial charge in [-0.3, -0.25) is 9.20 Å². The van der Waals surface area contributed by atoms with Gasteiger partial charge in [0, 0.05) is 17.0 Å². The van der Waals surface area contributed by atoms with Crippen molar-refractivity contribution in [1.29, 1.82) is 0 Å². The van der Waals surface area contributed by atoms with Gasteiger partial charge in [-0.15, -0.1) is 0 Å². The summed E-state index contributed by atoms with van der Waals surface area (Å²) in [6.45, 7) is 3.95. The molecule has 5 rings (SSSR count). The monoisotopic (exact) mass is 397 g/mol. The van der Waals surface area contributed by atoms with Crippen molar-refractivity contribution in [2.75, 3.05) is 0 Å². The van der Waals surface area contributed by atoms with Crippen molar-refractivity contribution in [3.05, 3.63) is 45.8 Å². The smallest absolute Gasteiger partial charge is 0.278 e. The Balaban J connectivity index is 1.77. The summed E-state index contributed by atoms with van der Waals surface area (Å²) < 4.78 is 9.03. The molecule has 0 amide bonds. The van der Waals surface area contributed by atoms with Crippen LogP contribution < -0.4 is 5.56 Å². The van der Waals surface area contributed by atoms with Crippen LogP contribution in [0.2, 0.25) is 5.02 Å². The number of rotatable bonds is 3. The third kappa shape index (κ3) is 2.57. The lowest BCUT2D eigenvalue weighted by atomic mass is 10.1. The first-order valence-electron chi connectivity index (χ1n) is 9.59. The summed E-state index contributed by atoms with van der Waals surface area (Å²) in [5.74, 6) is 1.32. The molecule has 0 saturated heterocycles. The SMILES string of the molecule is CC(C)n1c(=O)c2c(-c3noc(C4CCCC4)n3)ncn2c2ccc(Cl)cc21. The van der Waals surface area contributed by atoms with Crippen LogP contribution in [-0.2, 0) is 0 Å². The van der Waals surface area contributed by atoms with E-state index in [2.05, 4.69) is 15.1 Å². The van der Waals surface area contributed by atoms with Crippen molar-refractivity contribution in [2.24, 2.45) is 0 Å². The Hall–Kier alpha value is -2.67. The van der Waals surface area contributed by atoms with Gasteiger partial charge >= 0.3 is 0 Å². The molecule has 1 saturated carbocycles. The van der Waals surface area contributed by atoms with Crippen LogP contribution in [0, 0.1) is 0 Å². The van der Waals surface area contributed by atoms with Crippen LogP contribution in [0.5, 0.6) is 0 Å². The van der Waals surface area contributed by atoms with Gasteiger partial charge in [0.25, 0.3) is 5.56 Å². The van der Waals surface area contributed by atoms with Gasteiger partial charge in [-0.2, -0.15) is 4.98 Å². The fourth-order valence-corrected chi connectivity index (χ4v) is 4.36. The molecular weight excluding hydrogens is 378 g/mol. The van der Waals surface area contributed by atoms with Crippen molar-refractivity contribution < 1.29 is 4.52 Å². The lowest BCUT2D eigenvalue weighted by Gasteiger charge is -2.15. The second kappa shape index (κ2) is 6.44. The van der Waals surface area contributed by atoms with Crippen LogP contribution in [0.25, 0.3) is 28.1 Å². The van der Waals surface area contributed by atoms with Gasteiger partial charge in [-0.05, 0) is 44.9 Å². The number of halogens is 1. The molecule has 28 heavy (non-hydrogen) atoms. The normalized spacial score (nSPS) is 15.4. The van der Waals surface area contributed by atoms with E-state index in [1.807, 2.05) is 32.0 Å². The Kier molecular flexibility index (Phi) is 4.01. The van der Waals surface area contributed by atoms with Crippen molar-refractivity contribution in [3.8, 4) is 11.5 Å². The number of fused-ring (bicyclic) bond motifs is 3. The maximum Gasteiger partial charge on any atom is 0.278 e. The minimum absolute atomic E-state index is 0.0412. The summed E-state index contributed by atoms with van der Waals surface area (Å²) >= 11 is 6.19. The summed E-state index contributed by atoms with van der Waals surface area (Å²) in [4.78, 5) is 22.4. The van der Waals surface area contributed by atoms with Crippen molar-refractivity contribution >= 4 is 28.2 Å². The third-order valence-corrected chi connectivity index (χ3v) is 5.75. The lowest BCUT2D eigenvalue weighted by Crippen LogP contribution is -2.24. The molecular formula is C20H20ClN5O2. The van der Waals surface area contributed by atoms with E-state index < -0.39 is 0 Å². The van der Waals surface area contributed by atoms with Crippen molar-refractivity contribution in [3.63, 3.8) is 0 Å². The number of nitrogens with zero attached hydrogens (tertiary/aromatic N) is 5. The second-order valence-electron chi connectivity index (χ2n) is 7.65. The van der Waals surface area contributed by atoms with E-state index in [1.165, 1.54) is 12.8 Å². The topological polar surface area (TPSA) is 78.2 Å². The molecule has 1 aliphatic carbocycles. The maximum atomic E-state index is 13.4. The van der Waals surface area contributed by atoms with E-state index in [4.69, 9.17) is 16.1 Å². The highest BCUT2D eigenvalue weighted by Gasteiger charge is 2.26. The highest BCUT2D eigenvalue weighted by atomic mass is 35.5. The highest BCUT2D eigenvalue weighted by molar-refractivity contribution is 6.31. The van der Waals surface area contributed by atoms with E-state index in [1.54, 1.807) is 15.3 Å². The Morgan fingerprint density at radius 2 is 2.00 bits per heavy atom. The Bertz CT molecular complexity index is 1250. The summed E-state index contributed by atoms with van der Waals surface area (Å²) in [5, 5.41) is 4.72.